The lowest BCUT2D eigenvalue weighted by atomic mass is 10.1. The average Bonchev–Trinajstić information content (AvgIpc) is 3.19. The number of aromatic nitrogens is 2. The highest BCUT2D eigenvalue weighted by molar-refractivity contribution is 6.11. The molecule has 4 rings (SSSR count). The zero-order valence-corrected chi connectivity index (χ0v) is 19.8. The van der Waals surface area contributed by atoms with Crippen LogP contribution in [0.4, 0.5) is 11.4 Å². The molecule has 0 saturated carbocycles. The number of hydrogen-bond acceptors (Lipinski definition) is 6. The van der Waals surface area contributed by atoms with Crippen LogP contribution in [0.25, 0.3) is 11.0 Å². The molecule has 8 heteroatoms. The molecule has 0 bridgehead atoms. The molecule has 2 aromatic carbocycles. The maximum Gasteiger partial charge on any atom is 0.356 e. The fraction of sp³-hybridized carbons (Fsp3) is 0.222. The Hall–Kier alpha value is -4.17. The molecule has 2 N–H and O–H groups in total. The minimum absolute atomic E-state index is 0.172. The van der Waals surface area contributed by atoms with Gasteiger partial charge in [-0.3, -0.25) is 4.79 Å². The Kier molecular flexibility index (Phi) is 7.74. The lowest BCUT2D eigenvalue weighted by molar-refractivity contribution is -0.115. The number of esters is 1. The molecule has 8 nitrogen and oxygen atoms in total. The zero-order valence-electron chi connectivity index (χ0n) is 19.8. The molecular formula is C27H28N4O4. The summed E-state index contributed by atoms with van der Waals surface area (Å²) in [6.45, 7) is 1.34. The van der Waals surface area contributed by atoms with Crippen LogP contribution in [0, 0.1) is 0 Å². The highest BCUT2D eigenvalue weighted by atomic mass is 16.5. The summed E-state index contributed by atoms with van der Waals surface area (Å²) in [5.74, 6) is -0.803. The Bertz CT molecular complexity index is 1300. The van der Waals surface area contributed by atoms with Gasteiger partial charge in [0.25, 0.3) is 0 Å². The van der Waals surface area contributed by atoms with Crippen molar-refractivity contribution < 1.29 is 19.1 Å². The first-order valence-electron chi connectivity index (χ1n) is 11.3. The monoisotopic (exact) mass is 472 g/mol. The van der Waals surface area contributed by atoms with Crippen molar-refractivity contribution in [3.05, 3.63) is 89.7 Å². The molecule has 0 aliphatic carbocycles. The maximum atomic E-state index is 13.0. The normalized spacial score (nSPS) is 10.8. The molecule has 0 fully saturated rings. The van der Waals surface area contributed by atoms with Crippen LogP contribution in [0.5, 0.6) is 0 Å². The van der Waals surface area contributed by atoms with Crippen molar-refractivity contribution >= 4 is 34.3 Å². The Morgan fingerprint density at radius 1 is 0.971 bits per heavy atom. The van der Waals surface area contributed by atoms with E-state index in [9.17, 15) is 9.59 Å². The van der Waals surface area contributed by atoms with Gasteiger partial charge in [-0.25, -0.2) is 9.78 Å². The van der Waals surface area contributed by atoms with Crippen molar-refractivity contribution in [2.24, 2.45) is 0 Å². The van der Waals surface area contributed by atoms with Gasteiger partial charge in [-0.1, -0.05) is 60.7 Å². The number of nitrogens with zero attached hydrogens (tertiary/aromatic N) is 2. The number of carbonyl (C=O) groups is 2. The number of hydrogen-bond donors (Lipinski definition) is 2. The summed E-state index contributed by atoms with van der Waals surface area (Å²) < 4.78 is 12.0. The predicted molar refractivity (Wildman–Crippen MR) is 135 cm³/mol. The highest BCUT2D eigenvalue weighted by Crippen LogP contribution is 2.33. The van der Waals surface area contributed by atoms with Gasteiger partial charge in [0, 0.05) is 25.6 Å². The van der Waals surface area contributed by atoms with Crippen LogP contribution in [-0.4, -0.2) is 42.3 Å². The van der Waals surface area contributed by atoms with Gasteiger partial charge in [0.15, 0.2) is 5.69 Å². The van der Waals surface area contributed by atoms with Crippen molar-refractivity contribution in [3.63, 3.8) is 0 Å². The van der Waals surface area contributed by atoms with Gasteiger partial charge in [-0.15, -0.1) is 0 Å². The second-order valence-corrected chi connectivity index (χ2v) is 8.00. The van der Waals surface area contributed by atoms with Gasteiger partial charge in [0.1, 0.15) is 5.65 Å². The van der Waals surface area contributed by atoms with Gasteiger partial charge < -0.3 is 24.7 Å². The molecule has 0 aliphatic rings. The minimum atomic E-state index is -0.562. The first-order chi connectivity index (χ1) is 17.1. The summed E-state index contributed by atoms with van der Waals surface area (Å²) in [4.78, 5) is 30.4. The van der Waals surface area contributed by atoms with Crippen molar-refractivity contribution in [2.45, 2.75) is 19.5 Å². The molecule has 0 spiro atoms. The summed E-state index contributed by atoms with van der Waals surface area (Å²) in [5, 5.41) is 6.95. The number of benzene rings is 2. The van der Waals surface area contributed by atoms with Crippen LogP contribution >= 0.6 is 0 Å². The second-order valence-electron chi connectivity index (χ2n) is 8.00. The number of amides is 1. The standard InChI is InChI=1S/C27H28N4O4/c1-34-14-13-31-25(27(33)35-2)24(30-23(32)15-19-9-5-3-6-10-19)22-16-21(18-29-26(22)31)28-17-20-11-7-4-8-12-20/h3-12,16,18,28H,13-15,17H2,1-2H3,(H,30,32). The quantitative estimate of drug-likeness (QED) is 0.335. The van der Waals surface area contributed by atoms with Gasteiger partial charge in [-0.2, -0.15) is 0 Å². The molecule has 4 aromatic rings. The average molecular weight is 473 g/mol. The Morgan fingerprint density at radius 2 is 1.66 bits per heavy atom. The molecular weight excluding hydrogens is 444 g/mol. The molecule has 1 amide bonds. The predicted octanol–water partition coefficient (Wildman–Crippen LogP) is 4.26. The largest absolute Gasteiger partial charge is 0.464 e. The molecule has 0 aliphatic heterocycles. The Labute approximate surface area is 203 Å². The summed E-state index contributed by atoms with van der Waals surface area (Å²) in [6, 6.07) is 21.3. The third-order valence-corrected chi connectivity index (χ3v) is 5.61. The van der Waals surface area contributed by atoms with Gasteiger partial charge >= 0.3 is 5.97 Å². The van der Waals surface area contributed by atoms with E-state index in [0.717, 1.165) is 16.8 Å². The van der Waals surface area contributed by atoms with Crippen molar-refractivity contribution in [1.82, 2.24) is 9.55 Å². The number of pyridine rings is 1. The smallest absolute Gasteiger partial charge is 0.356 e. The van der Waals surface area contributed by atoms with Crippen molar-refractivity contribution in [1.29, 1.82) is 0 Å². The number of ether oxygens (including phenoxy) is 2. The van der Waals surface area contributed by atoms with E-state index in [4.69, 9.17) is 9.47 Å². The summed E-state index contributed by atoms with van der Waals surface area (Å²) in [6.07, 6.45) is 1.89. The molecule has 2 heterocycles. The molecule has 180 valence electrons. The van der Waals surface area contributed by atoms with Crippen molar-refractivity contribution in [3.8, 4) is 0 Å². The van der Waals surface area contributed by atoms with Crippen LogP contribution in [-0.2, 0) is 33.8 Å². The Morgan fingerprint density at radius 3 is 2.31 bits per heavy atom. The summed E-state index contributed by atoms with van der Waals surface area (Å²) >= 11 is 0. The lowest BCUT2D eigenvalue weighted by Gasteiger charge is -2.10. The fourth-order valence-corrected chi connectivity index (χ4v) is 3.92. The number of fused-ring (bicyclic) bond motifs is 1. The third-order valence-electron chi connectivity index (χ3n) is 5.61. The van der Waals surface area contributed by atoms with E-state index in [2.05, 4.69) is 15.6 Å². The van der Waals surface area contributed by atoms with Crippen molar-refractivity contribution in [2.75, 3.05) is 31.5 Å². The number of methoxy groups -OCH3 is 2. The minimum Gasteiger partial charge on any atom is -0.464 e. The van der Waals surface area contributed by atoms with E-state index in [0.29, 0.717) is 36.4 Å². The zero-order chi connectivity index (χ0) is 24.6. The number of rotatable bonds is 10. The number of anilines is 2. The molecule has 0 saturated heterocycles. The SMILES string of the molecule is COCCn1c(C(=O)OC)c(NC(=O)Cc2ccccc2)c2cc(NCc3ccccc3)cnc21. The van der Waals surface area contributed by atoms with Gasteiger partial charge in [0.05, 0.1) is 37.7 Å². The van der Waals surface area contributed by atoms with E-state index in [-0.39, 0.29) is 18.0 Å². The van der Waals surface area contributed by atoms with E-state index >= 15 is 0 Å². The molecule has 35 heavy (non-hydrogen) atoms. The molecule has 0 radical (unpaired) electrons. The van der Waals surface area contributed by atoms with Crippen LogP contribution in [0.3, 0.4) is 0 Å². The van der Waals surface area contributed by atoms with E-state index in [1.165, 1.54) is 7.11 Å². The first kappa shape index (κ1) is 24.0. The van der Waals surface area contributed by atoms with Gasteiger partial charge in [0.2, 0.25) is 5.91 Å². The second kappa shape index (κ2) is 11.3. The molecule has 2 aromatic heterocycles. The third kappa shape index (κ3) is 5.67. The lowest BCUT2D eigenvalue weighted by Crippen LogP contribution is -2.19. The topological polar surface area (TPSA) is 94.5 Å². The number of carbonyl (C=O) groups excluding carboxylic acids is 2. The highest BCUT2D eigenvalue weighted by Gasteiger charge is 2.26. The first-order valence-corrected chi connectivity index (χ1v) is 11.3. The van der Waals surface area contributed by atoms with Crippen LogP contribution < -0.4 is 10.6 Å². The molecule has 0 unspecified atom stereocenters. The van der Waals surface area contributed by atoms with E-state index in [1.54, 1.807) is 17.9 Å². The number of nitrogens with one attached hydrogen (secondary N) is 2. The Balaban J connectivity index is 1.73. The molecule has 0 atom stereocenters. The van der Waals surface area contributed by atoms with Crippen LogP contribution in [0.2, 0.25) is 0 Å². The fourth-order valence-electron chi connectivity index (χ4n) is 3.92. The van der Waals surface area contributed by atoms with Crippen LogP contribution in [0.1, 0.15) is 21.6 Å². The summed E-state index contributed by atoms with van der Waals surface area (Å²) in [5.41, 5.74) is 3.92. The summed E-state index contributed by atoms with van der Waals surface area (Å²) in [7, 11) is 2.90. The van der Waals surface area contributed by atoms with E-state index < -0.39 is 5.97 Å². The van der Waals surface area contributed by atoms with Crippen LogP contribution in [0.15, 0.2) is 72.9 Å². The van der Waals surface area contributed by atoms with E-state index in [1.807, 2.05) is 66.7 Å². The van der Waals surface area contributed by atoms with Gasteiger partial charge in [-0.05, 0) is 17.2 Å². The maximum absolute atomic E-state index is 13.0.